The van der Waals surface area contributed by atoms with Gasteiger partial charge in [0.25, 0.3) is 5.91 Å². The molecule has 5 heterocycles. The van der Waals surface area contributed by atoms with Gasteiger partial charge in [-0.1, -0.05) is 31.1 Å². The molecule has 1 atom stereocenters. The van der Waals surface area contributed by atoms with Crippen LogP contribution >= 0.6 is 0 Å². The zero-order valence-electron chi connectivity index (χ0n) is 31.8. The highest BCUT2D eigenvalue weighted by Crippen LogP contribution is 2.42. The number of alkyl halides is 3. The first-order valence-corrected chi connectivity index (χ1v) is 20.7. The van der Waals surface area contributed by atoms with Crippen LogP contribution in [0.1, 0.15) is 44.6 Å². The molecule has 0 bridgehead atoms. The fourth-order valence-electron chi connectivity index (χ4n) is 8.24. The molecule has 0 saturated carbocycles. The second-order valence-corrected chi connectivity index (χ2v) is 17.5. The minimum atomic E-state index is -4.90. The molecule has 3 amide bonds. The number of urea groups is 1. The Bertz CT molecular complexity index is 2010. The van der Waals surface area contributed by atoms with Gasteiger partial charge in [-0.3, -0.25) is 19.5 Å². The minimum absolute atomic E-state index is 0.0620. The molecular formula is C38H48F3N7O7S. The Hall–Kier alpha value is -4.10. The number of rotatable bonds is 12. The number of likely N-dealkylation sites (N-methyl/N-ethyl adjacent to an activating group) is 1. The fourth-order valence-corrected chi connectivity index (χ4v) is 10.00. The third-order valence-corrected chi connectivity index (χ3v) is 13.2. The number of carbonyl (C=O) groups excluding carboxylic acids is 2. The minimum Gasteiger partial charge on any atom is -0.455 e. The van der Waals surface area contributed by atoms with Crippen LogP contribution in [0, 0.1) is 5.92 Å². The molecule has 2 aromatic carbocycles. The van der Waals surface area contributed by atoms with Gasteiger partial charge in [-0.25, -0.2) is 13.2 Å². The van der Waals surface area contributed by atoms with Crippen molar-refractivity contribution < 1.29 is 45.2 Å². The summed E-state index contributed by atoms with van der Waals surface area (Å²) in [5.41, 5.74) is -2.28. The number of ether oxygens (including phenoxy) is 2. The van der Waals surface area contributed by atoms with Gasteiger partial charge in [-0.2, -0.15) is 18.2 Å². The summed E-state index contributed by atoms with van der Waals surface area (Å²) in [6.45, 7) is 10.0. The summed E-state index contributed by atoms with van der Waals surface area (Å²) >= 11 is 0. The molecule has 4 fully saturated rings. The van der Waals surface area contributed by atoms with Crippen LogP contribution in [0.2, 0.25) is 0 Å². The van der Waals surface area contributed by atoms with E-state index in [1.807, 2.05) is 0 Å². The average Bonchev–Trinajstić information content (AvgIpc) is 3.86. The van der Waals surface area contributed by atoms with Gasteiger partial charge in [-0.15, -0.1) is 0 Å². The van der Waals surface area contributed by atoms with E-state index in [2.05, 4.69) is 31.9 Å². The number of benzene rings is 2. The molecule has 0 radical (unpaired) electrons. The van der Waals surface area contributed by atoms with Crippen molar-refractivity contribution in [2.45, 2.75) is 62.3 Å². The largest absolute Gasteiger partial charge is 0.455 e. The number of aromatic nitrogens is 2. The lowest BCUT2D eigenvalue weighted by Crippen LogP contribution is -2.59. The summed E-state index contributed by atoms with van der Waals surface area (Å²) in [6, 6.07) is 8.66. The maximum absolute atomic E-state index is 14.5. The van der Waals surface area contributed by atoms with E-state index in [1.54, 1.807) is 18.7 Å². The third kappa shape index (κ3) is 8.30. The number of sulfone groups is 1. The molecule has 0 N–H and O–H groups in total. The number of carbonyl (C=O) groups is 2. The molecular weight excluding hydrogens is 756 g/mol. The Labute approximate surface area is 324 Å². The molecule has 0 aliphatic carbocycles. The van der Waals surface area contributed by atoms with Crippen molar-refractivity contribution in [2.75, 3.05) is 78.4 Å². The summed E-state index contributed by atoms with van der Waals surface area (Å²) < 4.78 is 86.0. The lowest BCUT2D eigenvalue weighted by Gasteiger charge is -2.44. The van der Waals surface area contributed by atoms with Crippen LogP contribution in [0.25, 0.3) is 11.4 Å². The van der Waals surface area contributed by atoms with Crippen LogP contribution < -0.4 is 4.74 Å². The van der Waals surface area contributed by atoms with Gasteiger partial charge in [0.2, 0.25) is 11.7 Å². The van der Waals surface area contributed by atoms with Crippen LogP contribution in [0.3, 0.4) is 0 Å². The smallest absolute Gasteiger partial charge is 0.420 e. The van der Waals surface area contributed by atoms with Crippen LogP contribution in [0.15, 0.2) is 51.9 Å². The topological polar surface area (TPSA) is 142 Å². The third-order valence-electron chi connectivity index (χ3n) is 11.1. The molecule has 56 heavy (non-hydrogen) atoms. The second-order valence-electron chi connectivity index (χ2n) is 15.5. The lowest BCUT2D eigenvalue weighted by molar-refractivity contribution is -0.138. The Morgan fingerprint density at radius 2 is 1.71 bits per heavy atom. The van der Waals surface area contributed by atoms with Crippen molar-refractivity contribution >= 4 is 21.8 Å². The van der Waals surface area contributed by atoms with Crippen molar-refractivity contribution in [2.24, 2.45) is 5.92 Å². The summed E-state index contributed by atoms with van der Waals surface area (Å²) in [4.78, 5) is 42.3. The Morgan fingerprint density at radius 3 is 2.39 bits per heavy atom. The molecule has 4 aliphatic heterocycles. The first-order chi connectivity index (χ1) is 26.6. The van der Waals surface area contributed by atoms with Crippen LogP contribution in [0.5, 0.6) is 11.5 Å². The number of likely N-dealkylation sites (tertiary alicyclic amines) is 2. The van der Waals surface area contributed by atoms with E-state index >= 15 is 0 Å². The number of halogens is 3. The maximum Gasteiger partial charge on any atom is 0.420 e. The van der Waals surface area contributed by atoms with Crippen molar-refractivity contribution in [3.05, 3.63) is 53.9 Å². The number of hydrogen-bond donors (Lipinski definition) is 0. The van der Waals surface area contributed by atoms with Crippen LogP contribution in [0.4, 0.5) is 18.0 Å². The van der Waals surface area contributed by atoms with E-state index in [4.69, 9.17) is 14.0 Å². The second kappa shape index (κ2) is 16.0. The van der Waals surface area contributed by atoms with E-state index in [0.717, 1.165) is 49.6 Å². The van der Waals surface area contributed by atoms with Gasteiger partial charge >= 0.3 is 12.2 Å². The van der Waals surface area contributed by atoms with Crippen molar-refractivity contribution in [3.8, 4) is 22.9 Å². The molecule has 3 aromatic rings. The number of nitrogens with zero attached hydrogens (tertiary/aromatic N) is 7. The Kier molecular flexibility index (Phi) is 11.5. The van der Waals surface area contributed by atoms with Crippen molar-refractivity contribution in [3.63, 3.8) is 0 Å². The highest BCUT2D eigenvalue weighted by atomic mass is 32.2. The summed E-state index contributed by atoms with van der Waals surface area (Å²) in [6.07, 6.45) is -2.88. The van der Waals surface area contributed by atoms with E-state index < -0.39 is 38.9 Å². The van der Waals surface area contributed by atoms with Gasteiger partial charge in [0, 0.05) is 57.4 Å². The molecule has 7 rings (SSSR count). The molecule has 1 unspecified atom stereocenters. The summed E-state index contributed by atoms with van der Waals surface area (Å²) in [5.74, 6) is -1.93. The average molecular weight is 804 g/mol. The van der Waals surface area contributed by atoms with Crippen molar-refractivity contribution in [1.29, 1.82) is 0 Å². The first-order valence-electron chi connectivity index (χ1n) is 19.0. The highest BCUT2D eigenvalue weighted by molar-refractivity contribution is 7.91. The zero-order valence-corrected chi connectivity index (χ0v) is 32.6. The molecule has 304 valence electrons. The molecule has 1 spiro atoms. The lowest BCUT2D eigenvalue weighted by atomic mass is 9.85. The van der Waals surface area contributed by atoms with Gasteiger partial charge < -0.3 is 23.8 Å². The van der Waals surface area contributed by atoms with Gasteiger partial charge in [-0.05, 0) is 69.1 Å². The highest BCUT2D eigenvalue weighted by Gasteiger charge is 2.58. The van der Waals surface area contributed by atoms with E-state index in [9.17, 15) is 31.2 Å². The van der Waals surface area contributed by atoms with Crippen LogP contribution in [-0.2, 0) is 32.1 Å². The first kappa shape index (κ1) is 40.1. The van der Waals surface area contributed by atoms with Gasteiger partial charge in [0.15, 0.2) is 9.84 Å². The number of morpholine rings is 1. The number of imide groups is 1. The zero-order chi connectivity index (χ0) is 39.8. The molecule has 1 aromatic heterocycles. The molecule has 4 aliphatic rings. The quantitative estimate of drug-likeness (QED) is 0.236. The SMILES string of the molecule is CC(C)CS(=O)(=O)c1ccccc1Oc1ccc(-c2noc(CN3C(=O)N(CCN4CCOCC4)C4(CCN(C5CCN(C)C5)CC4)C3=O)n2)cc1C(F)(F)F. The predicted molar refractivity (Wildman–Crippen MR) is 197 cm³/mol. The predicted octanol–water partition coefficient (Wildman–Crippen LogP) is 4.61. The summed E-state index contributed by atoms with van der Waals surface area (Å²) in [5, 5.41) is 3.90. The van der Waals surface area contributed by atoms with E-state index in [-0.39, 0.29) is 52.0 Å². The number of amides is 3. The molecule has 18 heteroatoms. The number of hydrogen-bond acceptors (Lipinski definition) is 12. The fraction of sp³-hybridized carbons (Fsp3) is 0.579. The number of para-hydroxylation sites is 1. The van der Waals surface area contributed by atoms with E-state index in [1.165, 1.54) is 30.3 Å². The van der Waals surface area contributed by atoms with Crippen LogP contribution in [-0.4, -0.2) is 145 Å². The van der Waals surface area contributed by atoms with Gasteiger partial charge in [0.1, 0.15) is 28.5 Å². The van der Waals surface area contributed by atoms with Crippen molar-refractivity contribution in [1.82, 2.24) is 34.6 Å². The molecule has 4 saturated heterocycles. The number of piperidine rings is 1. The normalized spacial score (nSPS) is 21.6. The maximum atomic E-state index is 14.5. The van der Waals surface area contributed by atoms with E-state index in [0.29, 0.717) is 58.3 Å². The van der Waals surface area contributed by atoms with Gasteiger partial charge in [0.05, 0.1) is 24.5 Å². The summed E-state index contributed by atoms with van der Waals surface area (Å²) in [7, 11) is -1.76. The standard InChI is InChI=1S/C38H48F3N7O7S/c1-26(2)25-56(51,52)32-7-5-4-6-31(32)54-30-9-8-27(22-29(30)38(39,40)41)34-42-33(55-43-34)24-47-35(49)37(11-14-46(15-12-37)28-10-13-44(3)23-28)48(36(47)50)17-16-45-18-20-53-21-19-45/h4-9,22,26,28H,10-21,23-25H2,1-3H3. The molecule has 14 nitrogen and oxygen atoms in total. The monoisotopic (exact) mass is 803 g/mol. The Balaban J connectivity index is 1.11. The Morgan fingerprint density at radius 1 is 0.982 bits per heavy atom.